The van der Waals surface area contributed by atoms with Crippen molar-refractivity contribution in [2.45, 2.75) is 31.8 Å². The third-order valence-electron chi connectivity index (χ3n) is 7.81. The van der Waals surface area contributed by atoms with E-state index in [1.807, 2.05) is 33.9 Å². The predicted octanol–water partition coefficient (Wildman–Crippen LogP) is 2.41. The Morgan fingerprint density at radius 3 is 2.81 bits per heavy atom. The summed E-state index contributed by atoms with van der Waals surface area (Å²) in [6.07, 6.45) is 9.24. The second-order valence-corrected chi connectivity index (χ2v) is 12.0. The summed E-state index contributed by atoms with van der Waals surface area (Å²) in [4.78, 5) is 25.1. The summed E-state index contributed by atoms with van der Waals surface area (Å²) in [5.74, 6) is 0.499. The number of sulfonamides is 1. The van der Waals surface area contributed by atoms with Gasteiger partial charge in [0.05, 0.1) is 17.3 Å². The molecule has 3 aromatic rings. The van der Waals surface area contributed by atoms with Gasteiger partial charge in [-0.25, -0.2) is 13.4 Å². The quantitative estimate of drug-likeness (QED) is 0.566. The van der Waals surface area contributed by atoms with Crippen molar-refractivity contribution in [2.24, 2.45) is 0 Å². The summed E-state index contributed by atoms with van der Waals surface area (Å²) < 4.78 is 27.2. The van der Waals surface area contributed by atoms with Gasteiger partial charge in [-0.2, -0.15) is 9.57 Å². The fourth-order valence-corrected chi connectivity index (χ4v) is 6.62. The molecule has 0 aliphatic carbocycles. The van der Waals surface area contributed by atoms with Crippen LogP contribution in [-0.2, 0) is 16.6 Å². The van der Waals surface area contributed by atoms with Crippen molar-refractivity contribution >= 4 is 38.1 Å². The second kappa shape index (κ2) is 9.04. The van der Waals surface area contributed by atoms with E-state index in [0.717, 1.165) is 60.3 Å². The number of aromatic nitrogens is 3. The van der Waals surface area contributed by atoms with Crippen LogP contribution >= 0.6 is 0 Å². The van der Waals surface area contributed by atoms with E-state index in [2.05, 4.69) is 27.0 Å². The van der Waals surface area contributed by atoms with Crippen molar-refractivity contribution in [3.63, 3.8) is 0 Å². The van der Waals surface area contributed by atoms with E-state index < -0.39 is 10.0 Å². The molecule has 1 saturated heterocycles. The number of rotatable bonds is 4. The number of nitrogens with one attached hydrogen (secondary N) is 1. The smallest absolute Gasteiger partial charge is 0.290 e. The number of benzene rings is 1. The molecule has 0 bridgehead atoms. The molecule has 192 valence electrons. The first-order valence-corrected chi connectivity index (χ1v) is 14.5. The normalized spacial score (nSPS) is 21.1. The van der Waals surface area contributed by atoms with Crippen LogP contribution in [0.5, 0.6) is 0 Å². The Balaban J connectivity index is 1.30. The van der Waals surface area contributed by atoms with E-state index >= 15 is 0 Å². The highest BCUT2D eigenvalue weighted by Gasteiger charge is 2.34. The van der Waals surface area contributed by atoms with Crippen molar-refractivity contribution < 1.29 is 13.2 Å². The maximum Gasteiger partial charge on any atom is 0.290 e. The molecule has 1 unspecified atom stereocenters. The molecule has 3 aliphatic rings. The van der Waals surface area contributed by atoms with Crippen LogP contribution in [0.15, 0.2) is 36.7 Å². The molecule has 1 atom stereocenters. The number of nitriles is 1. The molecule has 1 N–H and O–H groups in total. The van der Waals surface area contributed by atoms with Gasteiger partial charge in [0, 0.05) is 74.5 Å². The Hall–Kier alpha value is -3.62. The summed E-state index contributed by atoms with van der Waals surface area (Å²) >= 11 is 0. The molecule has 0 spiro atoms. The Bertz CT molecular complexity index is 1560. The lowest BCUT2D eigenvalue weighted by molar-refractivity contribution is 0.0591. The maximum absolute atomic E-state index is 13.1. The molecule has 1 fully saturated rings. The van der Waals surface area contributed by atoms with Gasteiger partial charge in [0.25, 0.3) is 5.91 Å². The van der Waals surface area contributed by atoms with Gasteiger partial charge in [0.15, 0.2) is 5.82 Å². The van der Waals surface area contributed by atoms with E-state index in [4.69, 9.17) is 0 Å². The van der Waals surface area contributed by atoms with Crippen molar-refractivity contribution in [2.75, 3.05) is 43.9 Å². The molecule has 11 heteroatoms. The highest BCUT2D eigenvalue weighted by atomic mass is 32.2. The van der Waals surface area contributed by atoms with Crippen LogP contribution in [-0.4, -0.2) is 83.1 Å². The van der Waals surface area contributed by atoms with Gasteiger partial charge in [0.2, 0.25) is 10.0 Å². The number of fused-ring (bicyclic) bond motifs is 2. The number of carbonyl (C=O) groups is 1. The zero-order chi connectivity index (χ0) is 25.7. The monoisotopic (exact) mass is 519 g/mol. The molecule has 10 nitrogen and oxygen atoms in total. The average molecular weight is 520 g/mol. The Morgan fingerprint density at radius 2 is 2.05 bits per heavy atom. The van der Waals surface area contributed by atoms with Gasteiger partial charge in [-0.05, 0) is 43.0 Å². The minimum Gasteiger partial charge on any atom is -0.369 e. The SMILES string of the molecule is CS(=O)(=O)N1CC=C(c2cc3c(N4CCCC(N5CCn6ccnc6C5=O)C4)ccc(C#N)c3[nH]2)CC1. The molecule has 2 aromatic heterocycles. The number of carbonyl (C=O) groups excluding carboxylic acids is 1. The van der Waals surface area contributed by atoms with E-state index in [0.29, 0.717) is 37.4 Å². The van der Waals surface area contributed by atoms with E-state index in [9.17, 15) is 18.5 Å². The van der Waals surface area contributed by atoms with Crippen molar-refractivity contribution in [1.82, 2.24) is 23.7 Å². The van der Waals surface area contributed by atoms with Gasteiger partial charge < -0.3 is 19.4 Å². The fourth-order valence-electron chi connectivity index (χ4n) is 5.85. The largest absolute Gasteiger partial charge is 0.369 e. The summed E-state index contributed by atoms with van der Waals surface area (Å²) in [7, 11) is -3.22. The highest BCUT2D eigenvalue weighted by Crippen LogP contribution is 2.35. The average Bonchev–Trinajstić information content (AvgIpc) is 3.56. The zero-order valence-electron chi connectivity index (χ0n) is 20.7. The summed E-state index contributed by atoms with van der Waals surface area (Å²) in [6, 6.07) is 8.34. The number of amides is 1. The molecule has 37 heavy (non-hydrogen) atoms. The molecule has 3 aliphatic heterocycles. The number of hydrogen-bond acceptors (Lipinski definition) is 6. The van der Waals surface area contributed by atoms with Crippen LogP contribution in [0.3, 0.4) is 0 Å². The van der Waals surface area contributed by atoms with Gasteiger partial charge >= 0.3 is 0 Å². The van der Waals surface area contributed by atoms with Crippen LogP contribution in [0, 0.1) is 11.3 Å². The van der Waals surface area contributed by atoms with Crippen molar-refractivity contribution in [1.29, 1.82) is 5.26 Å². The Morgan fingerprint density at radius 1 is 1.19 bits per heavy atom. The first kappa shape index (κ1) is 23.8. The second-order valence-electron chi connectivity index (χ2n) is 10.0. The Labute approximate surface area is 215 Å². The number of hydrogen-bond donors (Lipinski definition) is 1. The summed E-state index contributed by atoms with van der Waals surface area (Å²) in [5.41, 5.74) is 4.38. The van der Waals surface area contributed by atoms with E-state index in [-0.39, 0.29) is 11.9 Å². The third-order valence-corrected chi connectivity index (χ3v) is 9.08. The van der Waals surface area contributed by atoms with Crippen LogP contribution < -0.4 is 4.90 Å². The van der Waals surface area contributed by atoms with Crippen LogP contribution in [0.2, 0.25) is 0 Å². The zero-order valence-corrected chi connectivity index (χ0v) is 21.5. The first-order chi connectivity index (χ1) is 17.8. The number of H-pyrrole nitrogens is 1. The molecule has 1 aromatic carbocycles. The summed E-state index contributed by atoms with van der Waals surface area (Å²) in [5, 5.41) is 10.7. The Kier molecular flexibility index (Phi) is 5.81. The van der Waals surface area contributed by atoms with E-state index in [1.165, 1.54) is 10.6 Å². The lowest BCUT2D eigenvalue weighted by Gasteiger charge is -2.41. The molecule has 5 heterocycles. The number of anilines is 1. The lowest BCUT2D eigenvalue weighted by atomic mass is 10.0. The lowest BCUT2D eigenvalue weighted by Crippen LogP contribution is -2.53. The van der Waals surface area contributed by atoms with E-state index in [1.54, 1.807) is 6.20 Å². The minimum absolute atomic E-state index is 0.00983. The van der Waals surface area contributed by atoms with Crippen molar-refractivity contribution in [3.8, 4) is 6.07 Å². The number of nitrogens with zero attached hydrogens (tertiary/aromatic N) is 6. The van der Waals surface area contributed by atoms with Crippen LogP contribution in [0.1, 0.15) is 41.1 Å². The number of imidazole rings is 1. The molecular formula is C26H29N7O3S. The van der Waals surface area contributed by atoms with Gasteiger partial charge in [0.1, 0.15) is 6.07 Å². The minimum atomic E-state index is -3.22. The topological polar surface area (TPSA) is 118 Å². The molecule has 6 rings (SSSR count). The summed E-state index contributed by atoms with van der Waals surface area (Å²) in [6.45, 7) is 3.81. The number of piperidine rings is 1. The predicted molar refractivity (Wildman–Crippen MR) is 141 cm³/mol. The van der Waals surface area contributed by atoms with Crippen LogP contribution in [0.25, 0.3) is 16.5 Å². The highest BCUT2D eigenvalue weighted by molar-refractivity contribution is 7.88. The van der Waals surface area contributed by atoms with Gasteiger partial charge in [-0.3, -0.25) is 4.79 Å². The molecular weight excluding hydrogens is 490 g/mol. The molecule has 0 saturated carbocycles. The van der Waals surface area contributed by atoms with Crippen LogP contribution in [0.4, 0.5) is 5.69 Å². The van der Waals surface area contributed by atoms with Gasteiger partial charge in [-0.1, -0.05) is 6.08 Å². The van der Waals surface area contributed by atoms with Gasteiger partial charge in [-0.15, -0.1) is 0 Å². The first-order valence-electron chi connectivity index (χ1n) is 12.6. The standard InChI is InChI=1S/C26H29N7O3S/c1-37(35,36)32-10-6-18(7-11-32)22-15-21-23(5-4-19(16-27)24(21)29-22)31-9-2-3-20(17-31)33-14-13-30-12-8-28-25(30)26(33)34/h4-6,8,12,15,20,29H,2-3,7,9-11,13-14,17H2,1H3. The fraction of sp³-hybridized carbons (Fsp3) is 0.423. The molecule has 1 amide bonds. The molecule has 0 radical (unpaired) electrons. The number of aromatic amines is 1. The third kappa shape index (κ3) is 4.20. The van der Waals surface area contributed by atoms with Crippen molar-refractivity contribution in [3.05, 3.63) is 53.8 Å². The maximum atomic E-state index is 13.1.